The van der Waals surface area contributed by atoms with Gasteiger partial charge in [-0.1, -0.05) is 53.5 Å². The van der Waals surface area contributed by atoms with Crippen LogP contribution in [0.4, 0.5) is 16.2 Å². The maximum Gasteiger partial charge on any atom is 0.328 e. The van der Waals surface area contributed by atoms with E-state index in [4.69, 9.17) is 27.9 Å². The fourth-order valence-corrected chi connectivity index (χ4v) is 5.30. The number of carbonyl (C=O) groups is 4. The minimum Gasteiger partial charge on any atom is -0.495 e. The number of urea groups is 1. The number of ketones is 1. The Labute approximate surface area is 276 Å². The van der Waals surface area contributed by atoms with Gasteiger partial charge in [0.2, 0.25) is 0 Å². The molecule has 5 N–H and O–H groups in total. The van der Waals surface area contributed by atoms with Gasteiger partial charge in [0.05, 0.1) is 47.2 Å². The Morgan fingerprint density at radius 2 is 1.72 bits per heavy atom. The number of rotatable bonds is 14. The summed E-state index contributed by atoms with van der Waals surface area (Å²) in [5.74, 6) is -1.57. The summed E-state index contributed by atoms with van der Waals surface area (Å²) in [7, 11) is 1.49. The zero-order valence-electron chi connectivity index (χ0n) is 25.2. The van der Waals surface area contributed by atoms with Gasteiger partial charge < -0.3 is 31.1 Å². The highest BCUT2D eigenvalue weighted by Crippen LogP contribution is 2.27. The number of carboxylic acid groups (broad SMARTS) is 1. The lowest BCUT2D eigenvalue weighted by molar-refractivity contribution is -0.139. The van der Waals surface area contributed by atoms with Crippen molar-refractivity contribution in [3.63, 3.8) is 0 Å². The molecular formula is C32H34Cl2N6O6. The van der Waals surface area contributed by atoms with Crippen LogP contribution in [0.1, 0.15) is 27.9 Å². The number of hydrogen-bond acceptors (Lipinski definition) is 8. The van der Waals surface area contributed by atoms with Gasteiger partial charge in [0, 0.05) is 31.6 Å². The fraction of sp³-hybridized carbons (Fsp3) is 0.281. The largest absolute Gasteiger partial charge is 0.495 e. The Kier molecular flexibility index (Phi) is 12.0. The number of para-hydroxylation sites is 1. The van der Waals surface area contributed by atoms with Crippen LogP contribution in [-0.2, 0) is 16.0 Å². The third-order valence-electron chi connectivity index (χ3n) is 7.09. The number of methoxy groups -OCH3 is 1. The fourth-order valence-electron chi connectivity index (χ4n) is 4.73. The topological polar surface area (TPSA) is 161 Å². The molecule has 0 radical (unpaired) electrons. The highest BCUT2D eigenvalue weighted by Gasteiger charge is 2.27. The molecule has 1 atom stereocenters. The van der Waals surface area contributed by atoms with Gasteiger partial charge in [-0.15, -0.1) is 0 Å². The van der Waals surface area contributed by atoms with Crippen molar-refractivity contribution >= 4 is 64.0 Å². The highest BCUT2D eigenvalue weighted by atomic mass is 35.5. The lowest BCUT2D eigenvalue weighted by atomic mass is 10.1. The molecular weight excluding hydrogens is 635 g/mol. The van der Waals surface area contributed by atoms with E-state index < -0.39 is 23.9 Å². The molecule has 0 saturated carbocycles. The van der Waals surface area contributed by atoms with Crippen molar-refractivity contribution < 1.29 is 29.0 Å². The zero-order chi connectivity index (χ0) is 33.2. The molecule has 3 aromatic rings. The zero-order valence-corrected chi connectivity index (χ0v) is 26.7. The molecule has 0 saturated heterocycles. The van der Waals surface area contributed by atoms with Crippen LogP contribution in [0, 0.1) is 6.92 Å². The second kappa shape index (κ2) is 16.1. The second-order valence-corrected chi connectivity index (χ2v) is 11.4. The van der Waals surface area contributed by atoms with E-state index >= 15 is 0 Å². The van der Waals surface area contributed by atoms with Gasteiger partial charge in [-0.25, -0.2) is 9.59 Å². The van der Waals surface area contributed by atoms with Crippen molar-refractivity contribution in [3.8, 4) is 5.75 Å². The molecule has 4 rings (SSSR count). The number of nitrogens with one attached hydrogen (secondary N) is 4. The van der Waals surface area contributed by atoms with Gasteiger partial charge in [-0.3, -0.25) is 14.6 Å². The van der Waals surface area contributed by atoms with Gasteiger partial charge >= 0.3 is 12.0 Å². The van der Waals surface area contributed by atoms with E-state index in [1.165, 1.54) is 19.2 Å². The molecule has 46 heavy (non-hydrogen) atoms. The molecule has 0 aromatic heterocycles. The van der Waals surface area contributed by atoms with Crippen molar-refractivity contribution in [1.82, 2.24) is 15.6 Å². The number of hydrogen-bond donors (Lipinski definition) is 5. The quantitative estimate of drug-likeness (QED) is 0.167. The summed E-state index contributed by atoms with van der Waals surface area (Å²) < 4.78 is 5.44. The van der Waals surface area contributed by atoms with Gasteiger partial charge in [-0.05, 0) is 48.4 Å². The lowest BCUT2D eigenvalue weighted by Gasteiger charge is -2.21. The van der Waals surface area contributed by atoms with Gasteiger partial charge in [-0.2, -0.15) is 5.10 Å². The minimum atomic E-state index is -1.25. The van der Waals surface area contributed by atoms with Crippen molar-refractivity contribution in [2.45, 2.75) is 25.8 Å². The number of hydrazone groups is 1. The monoisotopic (exact) mass is 668 g/mol. The van der Waals surface area contributed by atoms with E-state index in [1.54, 1.807) is 29.3 Å². The standard InChI is InChI=1S/C32H34Cl2N6O6/c1-19-6-3-4-9-25(19)37-32(45)38-26-11-10-20(15-28(26)46-2)14-22(41)17-35-16-21-12-13-40(39-21)18-27(31(43)44)36-30(42)29-23(33)7-5-8-24(29)34/h3-11,15,27,35H,12-14,16-18H2,1-2H3,(H,36,42)(H,43,44)(H2,37,38,45). The molecule has 0 spiro atoms. The molecule has 0 fully saturated rings. The number of halogens is 2. The van der Waals surface area contributed by atoms with E-state index in [0.717, 1.165) is 16.8 Å². The number of ether oxygens (including phenoxy) is 1. The number of aryl methyl sites for hydroxylation is 1. The Morgan fingerprint density at radius 3 is 2.41 bits per heavy atom. The van der Waals surface area contributed by atoms with Crippen LogP contribution in [-0.4, -0.2) is 78.8 Å². The summed E-state index contributed by atoms with van der Waals surface area (Å²) in [4.78, 5) is 49.7. The van der Waals surface area contributed by atoms with Gasteiger partial charge in [0.25, 0.3) is 5.91 Å². The minimum absolute atomic E-state index is 0.00363. The van der Waals surface area contributed by atoms with Gasteiger partial charge in [0.1, 0.15) is 11.8 Å². The van der Waals surface area contributed by atoms with E-state index in [0.29, 0.717) is 36.6 Å². The van der Waals surface area contributed by atoms with Crippen molar-refractivity contribution in [2.75, 3.05) is 43.9 Å². The Balaban J connectivity index is 1.24. The Hall–Kier alpha value is -4.65. The Bertz CT molecular complexity index is 1630. The van der Waals surface area contributed by atoms with Crippen molar-refractivity contribution in [3.05, 3.63) is 87.4 Å². The van der Waals surface area contributed by atoms with Crippen LogP contribution in [0.25, 0.3) is 0 Å². The van der Waals surface area contributed by atoms with E-state index in [9.17, 15) is 24.3 Å². The number of carbonyl (C=O) groups excluding carboxylic acids is 3. The molecule has 0 bridgehead atoms. The lowest BCUT2D eigenvalue weighted by Crippen LogP contribution is -2.47. The molecule has 242 valence electrons. The van der Waals surface area contributed by atoms with E-state index in [1.807, 2.05) is 31.2 Å². The summed E-state index contributed by atoms with van der Waals surface area (Å²) in [5.41, 5.74) is 3.56. The van der Waals surface area contributed by atoms with Crippen LogP contribution in [0.5, 0.6) is 5.75 Å². The third kappa shape index (κ3) is 9.43. The van der Waals surface area contributed by atoms with E-state index in [-0.39, 0.29) is 40.9 Å². The number of nitrogens with zero attached hydrogens (tertiary/aromatic N) is 2. The van der Waals surface area contributed by atoms with Crippen molar-refractivity contribution in [1.29, 1.82) is 0 Å². The predicted octanol–water partition coefficient (Wildman–Crippen LogP) is 4.60. The number of carboxylic acids is 1. The van der Waals surface area contributed by atoms with Crippen LogP contribution in [0.15, 0.2) is 65.8 Å². The molecule has 3 amide bonds. The summed E-state index contributed by atoms with van der Waals surface area (Å²) in [6, 6.07) is 15.5. The number of benzene rings is 3. The molecule has 1 heterocycles. The van der Waals surface area contributed by atoms with Gasteiger partial charge in [0.15, 0.2) is 5.78 Å². The summed E-state index contributed by atoms with van der Waals surface area (Å²) in [6.45, 7) is 2.72. The molecule has 1 aliphatic heterocycles. The first-order valence-corrected chi connectivity index (χ1v) is 15.1. The molecule has 1 aliphatic rings. The van der Waals surface area contributed by atoms with Crippen LogP contribution < -0.4 is 26.0 Å². The van der Waals surface area contributed by atoms with E-state index in [2.05, 4.69) is 26.4 Å². The molecule has 0 aliphatic carbocycles. The smallest absolute Gasteiger partial charge is 0.328 e. The Morgan fingerprint density at radius 1 is 1.00 bits per heavy atom. The molecule has 3 aromatic carbocycles. The molecule has 1 unspecified atom stereocenters. The number of Topliss-reactive ketones (excluding diaryl/α,β-unsaturated/α-hetero) is 1. The van der Waals surface area contributed by atoms with Crippen LogP contribution >= 0.6 is 23.2 Å². The molecule has 12 nitrogen and oxygen atoms in total. The number of amides is 3. The average Bonchev–Trinajstić information content (AvgIpc) is 3.45. The SMILES string of the molecule is COc1cc(CC(=O)CNCC2=NN(CC(NC(=O)c3c(Cl)cccc3Cl)C(=O)O)CC2)ccc1NC(=O)Nc1ccccc1C. The predicted molar refractivity (Wildman–Crippen MR) is 177 cm³/mol. The highest BCUT2D eigenvalue weighted by molar-refractivity contribution is 6.39. The summed E-state index contributed by atoms with van der Waals surface area (Å²) in [5, 5.41) is 27.0. The first kappa shape index (κ1) is 34.2. The summed E-state index contributed by atoms with van der Waals surface area (Å²) >= 11 is 12.2. The van der Waals surface area contributed by atoms with Crippen LogP contribution in [0.2, 0.25) is 10.0 Å². The maximum absolute atomic E-state index is 12.7. The normalized spacial score (nSPS) is 13.0. The summed E-state index contributed by atoms with van der Waals surface area (Å²) in [6.07, 6.45) is 0.716. The third-order valence-corrected chi connectivity index (χ3v) is 7.72. The second-order valence-electron chi connectivity index (χ2n) is 10.5. The number of aliphatic carboxylic acids is 1. The number of anilines is 2. The maximum atomic E-state index is 12.7. The average molecular weight is 670 g/mol. The molecule has 14 heteroatoms. The van der Waals surface area contributed by atoms with Crippen molar-refractivity contribution in [2.24, 2.45) is 5.10 Å². The van der Waals surface area contributed by atoms with Crippen LogP contribution in [0.3, 0.4) is 0 Å². The first-order chi connectivity index (χ1) is 22.0. The first-order valence-electron chi connectivity index (χ1n) is 14.4.